The summed E-state index contributed by atoms with van der Waals surface area (Å²) in [7, 11) is -2.68. The van der Waals surface area contributed by atoms with E-state index >= 15 is 0 Å². The zero-order valence-corrected chi connectivity index (χ0v) is 28.1. The van der Waals surface area contributed by atoms with Gasteiger partial charge in [-0.15, -0.1) is 0 Å². The second kappa shape index (κ2) is 12.0. The molecule has 0 bridgehead atoms. The zero-order valence-electron chi connectivity index (χ0n) is 26.5. The number of hydrogen-bond acceptors (Lipinski definition) is 6. The first-order valence-electron chi connectivity index (χ1n) is 15.4. The number of nitrogens with one attached hydrogen (secondary N) is 2. The van der Waals surface area contributed by atoms with Crippen LogP contribution in [0.2, 0.25) is 11.3 Å². The summed E-state index contributed by atoms with van der Waals surface area (Å²) in [6, 6.07) is 14.4. The third kappa shape index (κ3) is 6.56. The van der Waals surface area contributed by atoms with Crippen molar-refractivity contribution < 1.29 is 31.3 Å². The van der Waals surface area contributed by atoms with E-state index < -0.39 is 27.0 Å². The third-order valence-corrected chi connectivity index (χ3v) is 10.7. The molecule has 46 heavy (non-hydrogen) atoms. The summed E-state index contributed by atoms with van der Waals surface area (Å²) in [5.74, 6) is -0.615. The van der Waals surface area contributed by atoms with Crippen LogP contribution >= 0.6 is 11.6 Å². The molecule has 0 radical (unpaired) electrons. The summed E-state index contributed by atoms with van der Waals surface area (Å²) >= 11 is 6.61. The van der Waals surface area contributed by atoms with E-state index in [2.05, 4.69) is 10.0 Å². The number of sulfonamides is 1. The van der Waals surface area contributed by atoms with Crippen LogP contribution in [0.5, 0.6) is 0 Å². The fourth-order valence-electron chi connectivity index (χ4n) is 5.80. The van der Waals surface area contributed by atoms with Crippen LogP contribution in [0.25, 0.3) is 22.3 Å². The minimum absolute atomic E-state index is 0.154. The molecule has 2 heterocycles. The van der Waals surface area contributed by atoms with Gasteiger partial charge in [-0.1, -0.05) is 23.7 Å². The van der Waals surface area contributed by atoms with Gasteiger partial charge < -0.3 is 19.0 Å². The van der Waals surface area contributed by atoms with Gasteiger partial charge in [0.05, 0.1) is 28.2 Å². The number of anilines is 1. The Hall–Kier alpha value is -3.38. The number of benzene rings is 3. The van der Waals surface area contributed by atoms with Crippen molar-refractivity contribution in [2.75, 3.05) is 11.8 Å². The van der Waals surface area contributed by atoms with Crippen LogP contribution in [0, 0.1) is 5.82 Å². The van der Waals surface area contributed by atoms with Crippen LogP contribution in [0.4, 0.5) is 10.1 Å². The van der Waals surface area contributed by atoms with E-state index in [0.717, 1.165) is 24.0 Å². The molecule has 3 aromatic carbocycles. The molecule has 1 aliphatic heterocycles. The van der Waals surface area contributed by atoms with Crippen molar-refractivity contribution in [1.82, 2.24) is 5.32 Å². The third-order valence-electron chi connectivity index (χ3n) is 9.13. The van der Waals surface area contributed by atoms with Crippen molar-refractivity contribution in [2.45, 2.75) is 76.2 Å². The van der Waals surface area contributed by atoms with Gasteiger partial charge in [0.25, 0.3) is 5.91 Å². The lowest BCUT2D eigenvalue weighted by molar-refractivity contribution is 0.00578. The number of furan rings is 1. The molecule has 4 aromatic rings. The normalized spacial score (nSPS) is 17.4. The second-order valence-electron chi connectivity index (χ2n) is 13.1. The van der Waals surface area contributed by atoms with Crippen LogP contribution in [-0.2, 0) is 31.5 Å². The molecule has 1 aliphatic carbocycles. The molecule has 8 nitrogen and oxygen atoms in total. The summed E-state index contributed by atoms with van der Waals surface area (Å²) in [4.78, 5) is 13.0. The molecule has 1 amide bonds. The Bertz CT molecular complexity index is 1910. The van der Waals surface area contributed by atoms with Crippen molar-refractivity contribution in [1.29, 1.82) is 0 Å². The minimum Gasteiger partial charge on any atom is -0.455 e. The maximum absolute atomic E-state index is 13.6. The highest BCUT2D eigenvalue weighted by Gasteiger charge is 2.50. The summed E-state index contributed by atoms with van der Waals surface area (Å²) in [5.41, 5.74) is 2.99. The van der Waals surface area contributed by atoms with Crippen molar-refractivity contribution >= 4 is 51.3 Å². The topological polar surface area (TPSA) is 107 Å². The number of carbonyl (C=O) groups excluding carboxylic acids is 1. The zero-order chi connectivity index (χ0) is 33.0. The Kier molecular flexibility index (Phi) is 8.50. The number of hydrogen-bond donors (Lipinski definition) is 2. The van der Waals surface area contributed by atoms with Gasteiger partial charge in [0.2, 0.25) is 10.0 Å². The van der Waals surface area contributed by atoms with Gasteiger partial charge in [0, 0.05) is 29.1 Å². The summed E-state index contributed by atoms with van der Waals surface area (Å²) in [6.07, 6.45) is 3.05. The first-order chi connectivity index (χ1) is 21.7. The Morgan fingerprint density at radius 2 is 1.70 bits per heavy atom. The highest BCUT2D eigenvalue weighted by Crippen LogP contribution is 2.47. The van der Waals surface area contributed by atoms with E-state index in [9.17, 15) is 17.6 Å². The van der Waals surface area contributed by atoms with Gasteiger partial charge in [-0.2, -0.15) is 0 Å². The van der Waals surface area contributed by atoms with E-state index in [4.69, 9.17) is 25.3 Å². The number of carbonyl (C=O) groups is 1. The highest BCUT2D eigenvalue weighted by atomic mass is 35.5. The number of amides is 1. The van der Waals surface area contributed by atoms with Crippen LogP contribution in [0.15, 0.2) is 59.0 Å². The molecular weight excluding hydrogens is 630 g/mol. The Morgan fingerprint density at radius 1 is 1.02 bits per heavy atom. The molecule has 12 heteroatoms. The summed E-state index contributed by atoms with van der Waals surface area (Å²) < 4.78 is 61.7. The Balaban J connectivity index is 1.23. The smallest absolute Gasteiger partial charge is 0.455 e. The average molecular weight is 667 g/mol. The molecule has 0 atom stereocenters. The lowest BCUT2D eigenvalue weighted by Gasteiger charge is -2.32. The summed E-state index contributed by atoms with van der Waals surface area (Å²) in [5, 5.41) is 3.70. The van der Waals surface area contributed by atoms with E-state index in [1.807, 2.05) is 39.8 Å². The lowest BCUT2D eigenvalue weighted by atomic mass is 9.81. The predicted molar refractivity (Wildman–Crippen MR) is 179 cm³/mol. The maximum Gasteiger partial charge on any atom is 0.458 e. The average Bonchev–Trinajstić information content (AvgIpc) is 3.71. The molecule has 0 unspecified atom stereocenters. The van der Waals surface area contributed by atoms with Crippen LogP contribution in [0.3, 0.4) is 0 Å². The molecule has 1 saturated heterocycles. The van der Waals surface area contributed by atoms with E-state index in [0.29, 0.717) is 51.1 Å². The minimum atomic E-state index is -3.86. The molecule has 2 aliphatic rings. The molecule has 1 aromatic heterocycles. The predicted octanol–water partition coefficient (Wildman–Crippen LogP) is 7.71. The number of fused-ring (bicyclic) bond motifs is 1. The molecule has 0 spiro atoms. The highest BCUT2D eigenvalue weighted by molar-refractivity contribution is 7.91. The van der Waals surface area contributed by atoms with Crippen molar-refractivity contribution in [3.05, 3.63) is 87.7 Å². The molecule has 242 valence electrons. The molecule has 2 fully saturated rings. The Morgan fingerprint density at radius 3 is 2.30 bits per heavy atom. The number of rotatable bonds is 10. The standard InChI is InChI=1S/C34H37BClFN2O6S/c1-33(2)34(3,4)45-35(44-33)15-14-22-7-6-20(16-27(22)36)19-46(41,42)39-28-18-29-26(17-25(28)21-8-9-21)30(32(40)38-5)31(43-29)23-10-12-24(37)13-11-23/h6-7,10-13,16-18,21,39H,8-9,14-15,19H2,1-5H3,(H,38,40). The van der Waals surface area contributed by atoms with Crippen LogP contribution < -0.4 is 10.0 Å². The van der Waals surface area contributed by atoms with Crippen LogP contribution in [0.1, 0.15) is 73.5 Å². The molecule has 6 rings (SSSR count). The number of aryl methyl sites for hydroxylation is 1. The molecular formula is C34H37BClFN2O6S. The van der Waals surface area contributed by atoms with E-state index in [-0.39, 0.29) is 30.5 Å². The monoisotopic (exact) mass is 666 g/mol. The SMILES string of the molecule is CNC(=O)c1c(-c2ccc(F)cc2)oc2cc(NS(=O)(=O)Cc3ccc(CCB4OC(C)(C)C(C)(C)O4)c(Cl)c3)c(C3CC3)cc12. The van der Waals surface area contributed by atoms with Crippen molar-refractivity contribution in [3.8, 4) is 11.3 Å². The Labute approximate surface area is 274 Å². The molecule has 1 saturated carbocycles. The fourth-order valence-corrected chi connectivity index (χ4v) is 7.30. The fraction of sp³-hybridized carbons (Fsp3) is 0.382. The van der Waals surface area contributed by atoms with Crippen molar-refractivity contribution in [2.24, 2.45) is 0 Å². The summed E-state index contributed by atoms with van der Waals surface area (Å²) in [6.45, 7) is 8.04. The van der Waals surface area contributed by atoms with Gasteiger partial charge in [-0.25, -0.2) is 12.8 Å². The largest absolute Gasteiger partial charge is 0.458 e. The first-order valence-corrected chi connectivity index (χ1v) is 17.4. The van der Waals surface area contributed by atoms with Gasteiger partial charge in [0.1, 0.15) is 17.2 Å². The van der Waals surface area contributed by atoms with Crippen molar-refractivity contribution in [3.63, 3.8) is 0 Å². The van der Waals surface area contributed by atoms with Gasteiger partial charge >= 0.3 is 7.12 Å². The van der Waals surface area contributed by atoms with E-state index in [1.54, 1.807) is 30.3 Å². The first kappa shape index (κ1) is 32.6. The number of halogens is 2. The van der Waals surface area contributed by atoms with Gasteiger partial charge in [-0.3, -0.25) is 9.52 Å². The quantitative estimate of drug-likeness (QED) is 0.168. The van der Waals surface area contributed by atoms with Gasteiger partial charge in [-0.05, 0) is 112 Å². The van der Waals surface area contributed by atoms with Crippen LogP contribution in [-0.4, -0.2) is 39.7 Å². The molecule has 2 N–H and O–H groups in total. The van der Waals surface area contributed by atoms with E-state index in [1.165, 1.54) is 19.2 Å². The second-order valence-corrected chi connectivity index (χ2v) is 15.2. The maximum atomic E-state index is 13.6. The lowest BCUT2D eigenvalue weighted by Crippen LogP contribution is -2.41. The van der Waals surface area contributed by atoms with Gasteiger partial charge in [0.15, 0.2) is 0 Å².